The molecule has 0 aromatic rings. The number of carbonyl (C=O) groups is 2. The highest BCUT2D eigenvalue weighted by Crippen LogP contribution is 2.66. The van der Waals surface area contributed by atoms with Crippen LogP contribution in [0.2, 0.25) is 0 Å². The molecule has 0 bridgehead atoms. The van der Waals surface area contributed by atoms with Gasteiger partial charge in [0.1, 0.15) is 0 Å². The summed E-state index contributed by atoms with van der Waals surface area (Å²) in [6.07, 6.45) is 16.7. The zero-order chi connectivity index (χ0) is 21.7. The number of fused-ring (bicyclic) bond motifs is 5. The van der Waals surface area contributed by atoms with E-state index in [0.717, 1.165) is 18.3 Å². The number of rotatable bonds is 5. The molecule has 0 aromatic heterocycles. The minimum atomic E-state index is -0.874. The maximum atomic E-state index is 12.5. The fourth-order valence-corrected chi connectivity index (χ4v) is 7.93. The second-order valence-electron chi connectivity index (χ2n) is 11.4. The summed E-state index contributed by atoms with van der Waals surface area (Å²) >= 11 is 0. The van der Waals surface area contributed by atoms with Gasteiger partial charge in [-0.15, -0.1) is 0 Å². The lowest BCUT2D eigenvalue weighted by Crippen LogP contribution is -2.52. The molecule has 0 spiro atoms. The minimum absolute atomic E-state index is 0.0500. The molecule has 0 aromatic carbocycles. The van der Waals surface area contributed by atoms with Crippen LogP contribution in [0.3, 0.4) is 0 Å². The SMILES string of the molecule is COC(=O)CC(C)(CC1CC=CC2=CC[C@@H]3[C@@H](CC[C@]4(C)CCC[C@@H]34)[C@]21C)C(N)=O. The van der Waals surface area contributed by atoms with Gasteiger partial charge in [0.15, 0.2) is 0 Å². The van der Waals surface area contributed by atoms with E-state index in [-0.39, 0.29) is 17.8 Å². The van der Waals surface area contributed by atoms with Gasteiger partial charge in [-0.25, -0.2) is 0 Å². The van der Waals surface area contributed by atoms with Gasteiger partial charge in [-0.05, 0) is 85.0 Å². The van der Waals surface area contributed by atoms with Crippen molar-refractivity contribution in [1.82, 2.24) is 0 Å². The van der Waals surface area contributed by atoms with Gasteiger partial charge in [-0.1, -0.05) is 45.4 Å². The van der Waals surface area contributed by atoms with Crippen LogP contribution in [-0.2, 0) is 14.3 Å². The van der Waals surface area contributed by atoms with Crippen molar-refractivity contribution in [2.24, 2.45) is 45.7 Å². The quantitative estimate of drug-likeness (QED) is 0.632. The Labute approximate surface area is 181 Å². The Morgan fingerprint density at radius 1 is 1.20 bits per heavy atom. The van der Waals surface area contributed by atoms with Crippen molar-refractivity contribution in [1.29, 1.82) is 0 Å². The average molecular weight is 414 g/mol. The highest BCUT2D eigenvalue weighted by molar-refractivity contribution is 5.85. The first-order valence-electron chi connectivity index (χ1n) is 11.9. The summed E-state index contributed by atoms with van der Waals surface area (Å²) in [6.45, 7) is 6.83. The van der Waals surface area contributed by atoms with Crippen LogP contribution < -0.4 is 5.73 Å². The lowest BCUT2D eigenvalue weighted by molar-refractivity contribution is -0.148. The first-order chi connectivity index (χ1) is 14.1. The van der Waals surface area contributed by atoms with Crippen LogP contribution in [0, 0.1) is 39.9 Å². The largest absolute Gasteiger partial charge is 0.469 e. The second kappa shape index (κ2) is 7.53. The first-order valence-corrected chi connectivity index (χ1v) is 11.9. The third kappa shape index (κ3) is 3.26. The fraction of sp³-hybridized carbons (Fsp3) is 0.769. The molecule has 4 rings (SSSR count). The van der Waals surface area contributed by atoms with E-state index in [1.54, 1.807) is 0 Å². The van der Waals surface area contributed by atoms with Crippen molar-refractivity contribution in [3.8, 4) is 0 Å². The van der Waals surface area contributed by atoms with Crippen molar-refractivity contribution in [2.75, 3.05) is 7.11 Å². The number of methoxy groups -OCH3 is 1. The molecule has 2 fully saturated rings. The van der Waals surface area contributed by atoms with Crippen molar-refractivity contribution < 1.29 is 14.3 Å². The molecule has 30 heavy (non-hydrogen) atoms. The molecule has 2 unspecified atom stereocenters. The lowest BCUT2D eigenvalue weighted by atomic mass is 9.45. The number of hydrogen-bond donors (Lipinski definition) is 1. The highest BCUT2D eigenvalue weighted by atomic mass is 16.5. The summed E-state index contributed by atoms with van der Waals surface area (Å²) in [5.41, 5.74) is 6.99. The van der Waals surface area contributed by atoms with Gasteiger partial charge >= 0.3 is 5.97 Å². The lowest BCUT2D eigenvalue weighted by Gasteiger charge is -2.59. The van der Waals surface area contributed by atoms with Crippen molar-refractivity contribution in [2.45, 2.75) is 78.6 Å². The van der Waals surface area contributed by atoms with E-state index in [2.05, 4.69) is 32.1 Å². The van der Waals surface area contributed by atoms with Gasteiger partial charge in [-0.3, -0.25) is 9.59 Å². The van der Waals surface area contributed by atoms with Crippen LogP contribution >= 0.6 is 0 Å². The van der Waals surface area contributed by atoms with E-state index in [4.69, 9.17) is 10.5 Å². The zero-order valence-electron chi connectivity index (χ0n) is 19.2. The Hall–Kier alpha value is -1.58. The summed E-state index contributed by atoms with van der Waals surface area (Å²) < 4.78 is 4.89. The van der Waals surface area contributed by atoms with Crippen LogP contribution in [-0.4, -0.2) is 19.0 Å². The summed E-state index contributed by atoms with van der Waals surface area (Å²) in [4.78, 5) is 24.5. The normalized spacial score (nSPS) is 41.7. The van der Waals surface area contributed by atoms with Crippen molar-refractivity contribution >= 4 is 11.9 Å². The minimum Gasteiger partial charge on any atom is -0.469 e. The number of primary amides is 1. The number of allylic oxidation sites excluding steroid dienone is 4. The number of esters is 1. The summed E-state index contributed by atoms with van der Waals surface area (Å²) in [5.74, 6) is 1.79. The number of ether oxygens (including phenoxy) is 1. The smallest absolute Gasteiger partial charge is 0.306 e. The van der Waals surface area contributed by atoms with E-state index in [1.807, 2.05) is 6.92 Å². The van der Waals surface area contributed by atoms with Crippen molar-refractivity contribution in [3.05, 3.63) is 23.8 Å². The molecule has 7 atom stereocenters. The van der Waals surface area contributed by atoms with Crippen LogP contribution in [0.15, 0.2) is 23.8 Å². The van der Waals surface area contributed by atoms with E-state index in [1.165, 1.54) is 51.2 Å². The molecule has 2 N–H and O–H groups in total. The van der Waals surface area contributed by atoms with Crippen LogP contribution in [0.25, 0.3) is 0 Å². The van der Waals surface area contributed by atoms with E-state index in [9.17, 15) is 9.59 Å². The van der Waals surface area contributed by atoms with E-state index >= 15 is 0 Å². The molecule has 4 heteroatoms. The molecule has 0 saturated heterocycles. The molecular formula is C26H39NO3. The van der Waals surface area contributed by atoms with Gasteiger partial charge < -0.3 is 10.5 Å². The first kappa shape index (κ1) is 21.6. The highest BCUT2D eigenvalue weighted by Gasteiger charge is 2.58. The Bertz CT molecular complexity index is 785. The number of carbonyl (C=O) groups excluding carboxylic acids is 2. The summed E-state index contributed by atoms with van der Waals surface area (Å²) in [7, 11) is 1.38. The Kier molecular flexibility index (Phi) is 5.43. The molecule has 4 aliphatic carbocycles. The van der Waals surface area contributed by atoms with Gasteiger partial charge in [0.25, 0.3) is 0 Å². The number of amides is 1. The van der Waals surface area contributed by atoms with Gasteiger partial charge in [0, 0.05) is 0 Å². The van der Waals surface area contributed by atoms with Crippen molar-refractivity contribution in [3.63, 3.8) is 0 Å². The Balaban J connectivity index is 1.67. The van der Waals surface area contributed by atoms with E-state index < -0.39 is 11.3 Å². The molecule has 0 heterocycles. The van der Waals surface area contributed by atoms with E-state index in [0.29, 0.717) is 23.7 Å². The molecule has 4 aliphatic rings. The number of nitrogens with two attached hydrogens (primary N) is 1. The monoisotopic (exact) mass is 413 g/mol. The summed E-state index contributed by atoms with van der Waals surface area (Å²) in [6, 6.07) is 0. The maximum absolute atomic E-state index is 12.5. The van der Waals surface area contributed by atoms with Gasteiger partial charge in [0.05, 0.1) is 18.9 Å². The topological polar surface area (TPSA) is 69.4 Å². The molecule has 4 nitrogen and oxygen atoms in total. The molecule has 2 saturated carbocycles. The molecule has 1 amide bonds. The third-order valence-corrected chi connectivity index (χ3v) is 9.84. The fourth-order valence-electron chi connectivity index (χ4n) is 7.93. The van der Waals surface area contributed by atoms with Crippen LogP contribution in [0.1, 0.15) is 78.6 Å². The molecule has 0 radical (unpaired) electrons. The van der Waals surface area contributed by atoms with Crippen LogP contribution in [0.5, 0.6) is 0 Å². The van der Waals surface area contributed by atoms with Gasteiger partial charge in [-0.2, -0.15) is 0 Å². The molecule has 0 aliphatic heterocycles. The Morgan fingerprint density at radius 2 is 1.97 bits per heavy atom. The van der Waals surface area contributed by atoms with Crippen LogP contribution in [0.4, 0.5) is 0 Å². The summed E-state index contributed by atoms with van der Waals surface area (Å²) in [5, 5.41) is 0. The number of hydrogen-bond acceptors (Lipinski definition) is 3. The molecular weight excluding hydrogens is 374 g/mol. The Morgan fingerprint density at radius 3 is 2.67 bits per heavy atom. The molecule has 166 valence electrons. The third-order valence-electron chi connectivity index (χ3n) is 9.84. The zero-order valence-corrected chi connectivity index (χ0v) is 19.2. The predicted octanol–water partition coefficient (Wildman–Crippen LogP) is 5.18. The average Bonchev–Trinajstić information content (AvgIpc) is 3.10. The second-order valence-corrected chi connectivity index (χ2v) is 11.4. The van der Waals surface area contributed by atoms with Gasteiger partial charge in [0.2, 0.25) is 5.91 Å². The predicted molar refractivity (Wildman–Crippen MR) is 118 cm³/mol. The standard InChI is InChI=1S/C26H39NO3/c1-24-13-6-9-20(24)19-11-10-17-7-5-8-18(26(17,3)21(19)12-14-24)15-25(2,23(27)29)16-22(28)30-4/h5,7,10,18-21H,6,8-9,11-16H2,1-4H3,(H2,27,29)/t18?,19-,20-,21+,24-,25?,26+/m0/s1. The maximum Gasteiger partial charge on any atom is 0.306 e.